The lowest BCUT2D eigenvalue weighted by atomic mass is 10.1. The highest BCUT2D eigenvalue weighted by Crippen LogP contribution is 2.16. The molecule has 3 N–H and O–H groups in total. The normalized spacial score (nSPS) is 10.6. The van der Waals surface area contributed by atoms with Crippen LogP contribution in [0.25, 0.3) is 0 Å². The molecule has 0 bridgehead atoms. The fraction of sp³-hybridized carbons (Fsp3) is 0.375. The van der Waals surface area contributed by atoms with Crippen LogP contribution < -0.4 is 11.1 Å². The van der Waals surface area contributed by atoms with Gasteiger partial charge >= 0.3 is 0 Å². The van der Waals surface area contributed by atoms with Crippen molar-refractivity contribution in [1.82, 2.24) is 20.1 Å². The number of nitrogens with zero attached hydrogens (tertiary/aromatic N) is 3. The van der Waals surface area contributed by atoms with Crippen LogP contribution in [0, 0.1) is 6.92 Å². The second kappa shape index (κ2) is 8.49. The molecule has 7 nitrogen and oxygen atoms in total. The first kappa shape index (κ1) is 18.0. The Morgan fingerprint density at radius 3 is 2.75 bits per heavy atom. The number of carbonyl (C=O) groups excluding carboxylic acids is 2. The van der Waals surface area contributed by atoms with Gasteiger partial charge in [-0.25, -0.2) is 0 Å². The predicted molar refractivity (Wildman–Crippen MR) is 92.3 cm³/mol. The van der Waals surface area contributed by atoms with Gasteiger partial charge in [0, 0.05) is 26.4 Å². The van der Waals surface area contributed by atoms with Crippen molar-refractivity contribution in [2.24, 2.45) is 12.8 Å². The van der Waals surface area contributed by atoms with E-state index in [0.29, 0.717) is 23.9 Å². The van der Waals surface area contributed by atoms with Crippen LogP contribution in [0.2, 0.25) is 0 Å². The second-order valence-electron chi connectivity index (χ2n) is 5.42. The van der Waals surface area contributed by atoms with Crippen LogP contribution in [0.3, 0.4) is 0 Å². The predicted octanol–water partition coefficient (Wildman–Crippen LogP) is 0.950. The summed E-state index contributed by atoms with van der Waals surface area (Å²) in [5, 5.41) is 11.6. The number of thioether (sulfide) groups is 1. The Bertz CT molecular complexity index is 729. The van der Waals surface area contributed by atoms with E-state index < -0.39 is 0 Å². The maximum absolute atomic E-state index is 12.0. The van der Waals surface area contributed by atoms with Crippen molar-refractivity contribution in [1.29, 1.82) is 0 Å². The molecular weight excluding hydrogens is 326 g/mol. The fourth-order valence-corrected chi connectivity index (χ4v) is 2.87. The van der Waals surface area contributed by atoms with Gasteiger partial charge in [-0.3, -0.25) is 9.59 Å². The van der Waals surface area contributed by atoms with Gasteiger partial charge in [0.1, 0.15) is 5.82 Å². The summed E-state index contributed by atoms with van der Waals surface area (Å²) in [6.07, 6.45) is 0.673. The van der Waals surface area contributed by atoms with Crippen molar-refractivity contribution < 1.29 is 9.59 Å². The lowest BCUT2D eigenvalue weighted by Crippen LogP contribution is -2.25. The molecular formula is C16H21N5O2S. The zero-order valence-corrected chi connectivity index (χ0v) is 14.6. The van der Waals surface area contributed by atoms with Crippen LogP contribution in [0.4, 0.5) is 0 Å². The van der Waals surface area contributed by atoms with Crippen molar-refractivity contribution >= 4 is 23.6 Å². The Morgan fingerprint density at radius 1 is 1.29 bits per heavy atom. The Hall–Kier alpha value is -2.35. The molecule has 24 heavy (non-hydrogen) atoms. The highest BCUT2D eigenvalue weighted by Gasteiger charge is 2.12. The summed E-state index contributed by atoms with van der Waals surface area (Å²) < 4.78 is 1.78. The first-order valence-electron chi connectivity index (χ1n) is 7.58. The first-order chi connectivity index (χ1) is 11.5. The minimum atomic E-state index is -0.372. The van der Waals surface area contributed by atoms with Crippen molar-refractivity contribution in [2.45, 2.75) is 31.5 Å². The lowest BCUT2D eigenvalue weighted by Gasteiger charge is -2.07. The average molecular weight is 347 g/mol. The molecule has 0 aliphatic heterocycles. The van der Waals surface area contributed by atoms with Gasteiger partial charge in [-0.15, -0.1) is 10.2 Å². The van der Waals surface area contributed by atoms with Gasteiger partial charge in [-0.05, 0) is 18.1 Å². The molecule has 0 aliphatic carbocycles. The minimum absolute atomic E-state index is 0.0649. The third-order valence-corrected chi connectivity index (χ3v) is 4.61. The van der Waals surface area contributed by atoms with Gasteiger partial charge in [-0.1, -0.05) is 36.0 Å². The summed E-state index contributed by atoms with van der Waals surface area (Å²) in [7, 11) is 1.81. The van der Waals surface area contributed by atoms with Gasteiger partial charge in [-0.2, -0.15) is 0 Å². The molecule has 0 fully saturated rings. The number of rotatable bonds is 8. The Labute approximate surface area is 145 Å². The van der Waals surface area contributed by atoms with E-state index >= 15 is 0 Å². The highest BCUT2D eigenvalue weighted by molar-refractivity contribution is 7.99. The molecule has 8 heteroatoms. The van der Waals surface area contributed by atoms with Gasteiger partial charge < -0.3 is 15.6 Å². The zero-order chi connectivity index (χ0) is 17.5. The molecule has 0 unspecified atom stereocenters. The number of hydrogen-bond acceptors (Lipinski definition) is 5. The van der Waals surface area contributed by atoms with Crippen LogP contribution in [0.15, 0.2) is 29.4 Å². The fourth-order valence-electron chi connectivity index (χ4n) is 2.11. The van der Waals surface area contributed by atoms with Crippen LogP contribution in [-0.4, -0.2) is 32.3 Å². The van der Waals surface area contributed by atoms with Crippen LogP contribution >= 0.6 is 11.8 Å². The second-order valence-corrected chi connectivity index (χ2v) is 6.36. The molecule has 1 aromatic heterocycles. The zero-order valence-electron chi connectivity index (χ0n) is 13.8. The summed E-state index contributed by atoms with van der Waals surface area (Å²) >= 11 is 1.31. The van der Waals surface area contributed by atoms with E-state index in [1.54, 1.807) is 4.57 Å². The van der Waals surface area contributed by atoms with Crippen molar-refractivity contribution in [3.63, 3.8) is 0 Å². The molecule has 1 aromatic carbocycles. The highest BCUT2D eigenvalue weighted by atomic mass is 32.2. The molecule has 2 amide bonds. The molecule has 0 spiro atoms. The smallest absolute Gasteiger partial charge is 0.230 e. The Balaban J connectivity index is 1.81. The molecule has 2 aromatic rings. The van der Waals surface area contributed by atoms with E-state index in [0.717, 1.165) is 11.1 Å². The van der Waals surface area contributed by atoms with E-state index in [1.165, 1.54) is 11.8 Å². The number of amides is 2. The Kier molecular flexibility index (Phi) is 6.36. The number of aromatic nitrogens is 3. The van der Waals surface area contributed by atoms with Gasteiger partial charge in [0.25, 0.3) is 0 Å². The molecule has 0 saturated carbocycles. The number of carbonyl (C=O) groups is 2. The molecule has 0 saturated heterocycles. The quantitative estimate of drug-likeness (QED) is 0.692. The topological polar surface area (TPSA) is 103 Å². The van der Waals surface area contributed by atoms with E-state index in [-0.39, 0.29) is 24.0 Å². The van der Waals surface area contributed by atoms with Gasteiger partial charge in [0.05, 0.1) is 5.75 Å². The summed E-state index contributed by atoms with van der Waals surface area (Å²) in [5.41, 5.74) is 7.38. The van der Waals surface area contributed by atoms with Gasteiger partial charge in [0.2, 0.25) is 11.8 Å². The Morgan fingerprint density at radius 2 is 2.04 bits per heavy atom. The maximum Gasteiger partial charge on any atom is 0.230 e. The number of primary amides is 1. The van der Waals surface area contributed by atoms with Crippen molar-refractivity contribution in [3.8, 4) is 0 Å². The molecule has 0 aliphatic rings. The first-order valence-corrected chi connectivity index (χ1v) is 8.56. The van der Waals surface area contributed by atoms with Crippen molar-refractivity contribution in [3.05, 3.63) is 41.2 Å². The van der Waals surface area contributed by atoms with E-state index in [9.17, 15) is 9.59 Å². The van der Waals surface area contributed by atoms with Gasteiger partial charge in [0.15, 0.2) is 5.16 Å². The summed E-state index contributed by atoms with van der Waals surface area (Å²) in [5.74, 6) is 0.498. The maximum atomic E-state index is 12.0. The lowest BCUT2D eigenvalue weighted by molar-refractivity contribution is -0.119. The SMILES string of the molecule is Cc1ccccc1CNC(=O)CSc1nnc(CCC(N)=O)n1C. The number of nitrogens with two attached hydrogens (primary N) is 1. The van der Waals surface area contributed by atoms with E-state index in [2.05, 4.69) is 15.5 Å². The molecule has 1 heterocycles. The third-order valence-electron chi connectivity index (χ3n) is 3.59. The molecule has 0 atom stereocenters. The van der Waals surface area contributed by atoms with Crippen LogP contribution in [0.1, 0.15) is 23.4 Å². The van der Waals surface area contributed by atoms with E-state index in [1.807, 2.05) is 38.2 Å². The number of hydrogen-bond donors (Lipinski definition) is 2. The summed E-state index contributed by atoms with van der Waals surface area (Å²) in [4.78, 5) is 22.8. The third kappa shape index (κ3) is 5.09. The van der Waals surface area contributed by atoms with E-state index in [4.69, 9.17) is 5.73 Å². The standard InChI is InChI=1S/C16H21N5O2S/c1-11-5-3-4-6-12(11)9-18-15(23)10-24-16-20-19-14(21(16)2)8-7-13(17)22/h3-6H,7-10H2,1-2H3,(H2,17,22)(H,18,23). The van der Waals surface area contributed by atoms with Crippen molar-refractivity contribution in [2.75, 3.05) is 5.75 Å². The molecule has 128 valence electrons. The number of aryl methyl sites for hydroxylation is 2. The summed E-state index contributed by atoms with van der Waals surface area (Å²) in [6, 6.07) is 7.94. The van der Waals surface area contributed by atoms with Crippen LogP contribution in [-0.2, 0) is 29.6 Å². The number of benzene rings is 1. The minimum Gasteiger partial charge on any atom is -0.370 e. The largest absolute Gasteiger partial charge is 0.370 e. The average Bonchev–Trinajstić information content (AvgIpc) is 2.90. The summed E-state index contributed by atoms with van der Waals surface area (Å²) in [6.45, 7) is 2.53. The number of nitrogens with one attached hydrogen (secondary N) is 1. The monoisotopic (exact) mass is 347 g/mol. The molecule has 0 radical (unpaired) electrons. The van der Waals surface area contributed by atoms with Crippen LogP contribution in [0.5, 0.6) is 0 Å². The molecule has 2 rings (SSSR count).